The van der Waals surface area contributed by atoms with E-state index < -0.39 is 0 Å². The van der Waals surface area contributed by atoms with E-state index in [1.165, 1.54) is 5.56 Å². The number of halogens is 1. The van der Waals surface area contributed by atoms with Gasteiger partial charge >= 0.3 is 0 Å². The number of nitrogens with zero attached hydrogens (tertiary/aromatic N) is 1. The molecule has 0 aliphatic carbocycles. The first-order chi connectivity index (χ1) is 6.69. The number of alkyl halides is 1. The molecule has 3 heteroatoms. The van der Waals surface area contributed by atoms with Crippen LogP contribution in [0.1, 0.15) is 24.5 Å². The zero-order valence-corrected chi connectivity index (χ0v) is 10.5. The van der Waals surface area contributed by atoms with Crippen molar-refractivity contribution >= 4 is 28.3 Å². The Labute approximate surface area is 98.2 Å². The van der Waals surface area contributed by atoms with E-state index in [2.05, 4.69) is 34.7 Å². The van der Waals surface area contributed by atoms with Gasteiger partial charge in [-0.1, -0.05) is 64.5 Å². The highest BCUT2D eigenvalue weighted by Crippen LogP contribution is 2.15. The molecular formula is C11H14INO. The number of rotatable bonds is 3. The fourth-order valence-electron chi connectivity index (χ4n) is 1.22. The van der Waals surface area contributed by atoms with Crippen LogP contribution in [0.15, 0.2) is 29.4 Å². The molecule has 1 unspecified atom stereocenters. The van der Waals surface area contributed by atoms with Gasteiger partial charge in [-0.15, -0.1) is 0 Å². The molecule has 0 heterocycles. The molecule has 1 N–H and O–H groups in total. The summed E-state index contributed by atoms with van der Waals surface area (Å²) < 4.78 is 0.264. The minimum atomic E-state index is 0.264. The van der Waals surface area contributed by atoms with Crippen molar-refractivity contribution in [3.63, 3.8) is 0 Å². The van der Waals surface area contributed by atoms with Crippen molar-refractivity contribution < 1.29 is 5.21 Å². The van der Waals surface area contributed by atoms with E-state index in [-0.39, 0.29) is 3.92 Å². The van der Waals surface area contributed by atoms with Gasteiger partial charge in [0.25, 0.3) is 0 Å². The lowest BCUT2D eigenvalue weighted by atomic mass is 10.0. The van der Waals surface area contributed by atoms with Crippen molar-refractivity contribution in [3.05, 3.63) is 35.4 Å². The molecule has 0 fully saturated rings. The van der Waals surface area contributed by atoms with Gasteiger partial charge in [0, 0.05) is 5.56 Å². The third kappa shape index (κ3) is 2.70. The van der Waals surface area contributed by atoms with Crippen molar-refractivity contribution in [3.8, 4) is 0 Å². The molecule has 14 heavy (non-hydrogen) atoms. The molecule has 0 amide bonds. The molecular weight excluding hydrogens is 289 g/mol. The van der Waals surface area contributed by atoms with Crippen LogP contribution in [0.3, 0.4) is 0 Å². The average Bonchev–Trinajstić information content (AvgIpc) is 2.21. The fraction of sp³-hybridized carbons (Fsp3) is 0.364. The summed E-state index contributed by atoms with van der Waals surface area (Å²) in [6, 6.07) is 8.04. The van der Waals surface area contributed by atoms with Crippen molar-refractivity contribution in [2.24, 2.45) is 5.16 Å². The second kappa shape index (κ2) is 5.34. The maximum atomic E-state index is 8.93. The summed E-state index contributed by atoms with van der Waals surface area (Å²) in [6.07, 6.45) is 0.966. The molecule has 2 nitrogen and oxygen atoms in total. The maximum absolute atomic E-state index is 8.93. The number of hydrogen-bond donors (Lipinski definition) is 1. The van der Waals surface area contributed by atoms with E-state index in [0.717, 1.165) is 17.7 Å². The van der Waals surface area contributed by atoms with Gasteiger partial charge in [0.15, 0.2) is 0 Å². The van der Waals surface area contributed by atoms with E-state index >= 15 is 0 Å². The quantitative estimate of drug-likeness (QED) is 0.300. The third-order valence-electron chi connectivity index (χ3n) is 2.11. The van der Waals surface area contributed by atoms with E-state index in [0.29, 0.717) is 0 Å². The molecule has 0 saturated heterocycles. The monoisotopic (exact) mass is 303 g/mol. The lowest BCUT2D eigenvalue weighted by Crippen LogP contribution is -2.14. The molecule has 1 aromatic carbocycles. The Morgan fingerprint density at radius 2 is 2.00 bits per heavy atom. The minimum absolute atomic E-state index is 0.264. The van der Waals surface area contributed by atoms with E-state index in [9.17, 15) is 0 Å². The zero-order chi connectivity index (χ0) is 10.6. The predicted octanol–water partition coefficient (Wildman–Crippen LogP) is 3.39. The van der Waals surface area contributed by atoms with Crippen molar-refractivity contribution in [2.75, 3.05) is 0 Å². The van der Waals surface area contributed by atoms with E-state index in [4.69, 9.17) is 5.21 Å². The van der Waals surface area contributed by atoms with Crippen molar-refractivity contribution in [2.45, 2.75) is 24.2 Å². The lowest BCUT2D eigenvalue weighted by molar-refractivity contribution is 0.318. The summed E-state index contributed by atoms with van der Waals surface area (Å²) in [5.41, 5.74) is 2.97. The van der Waals surface area contributed by atoms with Gasteiger partial charge in [0.05, 0.1) is 9.64 Å². The molecule has 0 aromatic heterocycles. The molecule has 0 spiro atoms. The van der Waals surface area contributed by atoms with Crippen molar-refractivity contribution in [1.29, 1.82) is 0 Å². The highest BCUT2D eigenvalue weighted by molar-refractivity contribution is 14.1. The second-order valence-electron chi connectivity index (χ2n) is 3.23. The first-order valence-corrected chi connectivity index (χ1v) is 5.86. The Morgan fingerprint density at radius 1 is 1.43 bits per heavy atom. The molecule has 1 atom stereocenters. The molecule has 1 rings (SSSR count). The average molecular weight is 303 g/mol. The maximum Gasteiger partial charge on any atom is 0.0995 e. The van der Waals surface area contributed by atoms with Crippen LogP contribution in [0.5, 0.6) is 0 Å². The van der Waals surface area contributed by atoms with Gasteiger partial charge in [-0.25, -0.2) is 0 Å². The van der Waals surface area contributed by atoms with Gasteiger partial charge in [0.2, 0.25) is 0 Å². The molecule has 0 aliphatic heterocycles. The molecule has 0 aliphatic rings. The molecule has 0 saturated carbocycles. The van der Waals surface area contributed by atoms with Gasteiger partial charge in [0.1, 0.15) is 0 Å². The van der Waals surface area contributed by atoms with E-state index in [1.54, 1.807) is 0 Å². The number of oxime groups is 1. The third-order valence-corrected chi connectivity index (χ3v) is 3.58. The summed E-state index contributed by atoms with van der Waals surface area (Å²) in [7, 11) is 0. The smallest absolute Gasteiger partial charge is 0.0995 e. The minimum Gasteiger partial charge on any atom is -0.411 e. The van der Waals surface area contributed by atoms with Crippen LogP contribution in [0.4, 0.5) is 0 Å². The Balaban J connectivity index is 2.96. The SMILES string of the molecule is CCC(I)/C(=N\O)c1ccc(C)cc1. The Morgan fingerprint density at radius 3 is 2.43 bits per heavy atom. The predicted molar refractivity (Wildman–Crippen MR) is 67.6 cm³/mol. The van der Waals surface area contributed by atoms with Gasteiger partial charge in [-0.05, 0) is 13.3 Å². The number of benzene rings is 1. The number of hydrogen-bond acceptors (Lipinski definition) is 2. The highest BCUT2D eigenvalue weighted by Gasteiger charge is 2.12. The fourth-order valence-corrected chi connectivity index (χ4v) is 1.70. The molecule has 1 aromatic rings. The largest absolute Gasteiger partial charge is 0.411 e. The number of aryl methyl sites for hydroxylation is 1. The lowest BCUT2D eigenvalue weighted by Gasteiger charge is -2.09. The van der Waals surface area contributed by atoms with Crippen LogP contribution in [0.2, 0.25) is 0 Å². The van der Waals surface area contributed by atoms with Crippen LogP contribution < -0.4 is 0 Å². The highest BCUT2D eigenvalue weighted by atomic mass is 127. The molecule has 0 radical (unpaired) electrons. The van der Waals surface area contributed by atoms with Crippen LogP contribution in [0, 0.1) is 6.92 Å². The van der Waals surface area contributed by atoms with Gasteiger partial charge < -0.3 is 5.21 Å². The van der Waals surface area contributed by atoms with E-state index in [1.807, 2.05) is 31.2 Å². The normalized spacial score (nSPS) is 14.1. The topological polar surface area (TPSA) is 32.6 Å². The summed E-state index contributed by atoms with van der Waals surface area (Å²) in [6.45, 7) is 4.12. The Hall–Kier alpha value is -0.580. The Bertz CT molecular complexity index is 319. The summed E-state index contributed by atoms with van der Waals surface area (Å²) >= 11 is 2.29. The van der Waals surface area contributed by atoms with Gasteiger partial charge in [-0.3, -0.25) is 0 Å². The Kier molecular flexibility index (Phi) is 4.38. The van der Waals surface area contributed by atoms with Crippen LogP contribution in [-0.4, -0.2) is 14.8 Å². The van der Waals surface area contributed by atoms with Crippen molar-refractivity contribution in [1.82, 2.24) is 0 Å². The second-order valence-corrected chi connectivity index (χ2v) is 4.73. The van der Waals surface area contributed by atoms with Gasteiger partial charge in [-0.2, -0.15) is 0 Å². The first-order valence-electron chi connectivity index (χ1n) is 4.62. The summed E-state index contributed by atoms with van der Waals surface area (Å²) in [5, 5.41) is 12.3. The summed E-state index contributed by atoms with van der Waals surface area (Å²) in [4.78, 5) is 0. The molecule has 76 valence electrons. The first kappa shape index (κ1) is 11.5. The van der Waals surface area contributed by atoms with Crippen LogP contribution in [-0.2, 0) is 0 Å². The standard InChI is InChI=1S/C11H14INO/c1-3-10(12)11(13-14)9-6-4-8(2)5-7-9/h4-7,10,14H,3H2,1-2H3/b13-11-. The zero-order valence-electron chi connectivity index (χ0n) is 8.37. The molecule has 0 bridgehead atoms. The van der Waals surface area contributed by atoms with Crippen LogP contribution in [0.25, 0.3) is 0 Å². The van der Waals surface area contributed by atoms with Crippen LogP contribution >= 0.6 is 22.6 Å². The summed E-state index contributed by atoms with van der Waals surface area (Å²) in [5.74, 6) is 0.